The number of carbonyl (C=O) groups is 1. The number of carbonyl (C=O) groups excluding carboxylic acids is 1. The van der Waals surface area contributed by atoms with Gasteiger partial charge in [-0.25, -0.2) is 0 Å². The lowest BCUT2D eigenvalue weighted by atomic mass is 10.0. The largest absolute Gasteiger partial charge is 0.394 e. The van der Waals surface area contributed by atoms with E-state index in [1.807, 2.05) is 13.0 Å². The summed E-state index contributed by atoms with van der Waals surface area (Å²) >= 11 is 0. The van der Waals surface area contributed by atoms with E-state index in [0.717, 1.165) is 32.1 Å². The van der Waals surface area contributed by atoms with Gasteiger partial charge in [-0.15, -0.1) is 0 Å². The van der Waals surface area contributed by atoms with Gasteiger partial charge in [-0.05, 0) is 44.9 Å². The molecule has 0 aliphatic rings. The predicted molar refractivity (Wildman–Crippen MR) is 184 cm³/mol. The number of amides is 1. The first-order valence-electron chi connectivity index (χ1n) is 18.2. The van der Waals surface area contributed by atoms with Crippen LogP contribution in [0.1, 0.15) is 181 Å². The highest BCUT2D eigenvalue weighted by atomic mass is 16.3. The first-order chi connectivity index (χ1) is 20.7. The summed E-state index contributed by atoms with van der Waals surface area (Å²) in [5.41, 5.74) is 0. The highest BCUT2D eigenvalue weighted by molar-refractivity contribution is 5.76. The molecule has 0 aromatic carbocycles. The summed E-state index contributed by atoms with van der Waals surface area (Å²) in [6, 6.07) is -0.638. The lowest BCUT2D eigenvalue weighted by Gasteiger charge is -2.19. The molecule has 0 spiro atoms. The Morgan fingerprint density at radius 2 is 0.929 bits per heavy atom. The van der Waals surface area contributed by atoms with E-state index in [0.29, 0.717) is 6.42 Å². The lowest BCUT2D eigenvalue weighted by Crippen LogP contribution is -2.45. The van der Waals surface area contributed by atoms with Gasteiger partial charge < -0.3 is 15.5 Å². The van der Waals surface area contributed by atoms with E-state index in [-0.39, 0.29) is 12.5 Å². The fourth-order valence-corrected chi connectivity index (χ4v) is 5.31. The summed E-state index contributed by atoms with van der Waals surface area (Å²) < 4.78 is 0. The Kier molecular flexibility index (Phi) is 33.0. The standard InChI is InChI=1S/C38H71NO3/c1-3-5-6-7-8-9-10-11-12-13-14-15-16-17-18-19-20-21-22-23-24-25-26-27-28-29-30-31-32-34-37(41)36(35-40)39-38(42)33-4-2/h24-25,28-29,32,34,36-37,40-41H,3-23,26-27,30-31,33,35H2,1-2H3,(H,39,42)/b25-24+,29-28+,34-32+. The average Bonchev–Trinajstić information content (AvgIpc) is 2.99. The van der Waals surface area contributed by atoms with Gasteiger partial charge in [0.15, 0.2) is 0 Å². The quantitative estimate of drug-likeness (QED) is 0.0540. The zero-order chi connectivity index (χ0) is 30.8. The topological polar surface area (TPSA) is 69.6 Å². The summed E-state index contributed by atoms with van der Waals surface area (Å²) in [6.45, 7) is 3.95. The Bertz CT molecular complexity index is 642. The zero-order valence-electron chi connectivity index (χ0n) is 28.0. The highest BCUT2D eigenvalue weighted by Gasteiger charge is 2.17. The molecule has 0 saturated carbocycles. The summed E-state index contributed by atoms with van der Waals surface area (Å²) in [4.78, 5) is 11.7. The van der Waals surface area contributed by atoms with E-state index in [4.69, 9.17) is 0 Å². The zero-order valence-corrected chi connectivity index (χ0v) is 28.0. The summed E-state index contributed by atoms with van der Waals surface area (Å²) in [7, 11) is 0. The first-order valence-corrected chi connectivity index (χ1v) is 18.2. The molecule has 0 aromatic rings. The number of unbranched alkanes of at least 4 members (excludes halogenated alkanes) is 21. The van der Waals surface area contributed by atoms with Gasteiger partial charge in [0.25, 0.3) is 0 Å². The van der Waals surface area contributed by atoms with E-state index < -0.39 is 12.1 Å². The van der Waals surface area contributed by atoms with E-state index in [2.05, 4.69) is 36.5 Å². The Balaban J connectivity index is 3.41. The molecule has 2 atom stereocenters. The van der Waals surface area contributed by atoms with Gasteiger partial charge in [-0.3, -0.25) is 4.79 Å². The van der Waals surface area contributed by atoms with E-state index in [9.17, 15) is 15.0 Å². The van der Waals surface area contributed by atoms with E-state index in [1.165, 1.54) is 128 Å². The lowest BCUT2D eigenvalue weighted by molar-refractivity contribution is -0.122. The van der Waals surface area contributed by atoms with Gasteiger partial charge in [0, 0.05) is 6.42 Å². The van der Waals surface area contributed by atoms with Crippen molar-refractivity contribution >= 4 is 5.91 Å². The molecule has 0 bridgehead atoms. The van der Waals surface area contributed by atoms with E-state index >= 15 is 0 Å². The molecule has 3 N–H and O–H groups in total. The van der Waals surface area contributed by atoms with Gasteiger partial charge in [-0.2, -0.15) is 0 Å². The van der Waals surface area contributed by atoms with Crippen molar-refractivity contribution in [2.45, 2.75) is 193 Å². The average molecular weight is 590 g/mol. The molecular formula is C38H71NO3. The smallest absolute Gasteiger partial charge is 0.220 e. The van der Waals surface area contributed by atoms with Gasteiger partial charge in [0.05, 0.1) is 18.8 Å². The second-order valence-corrected chi connectivity index (χ2v) is 12.3. The van der Waals surface area contributed by atoms with Crippen LogP contribution in [-0.2, 0) is 4.79 Å². The van der Waals surface area contributed by atoms with Crippen LogP contribution in [0.25, 0.3) is 0 Å². The molecule has 4 nitrogen and oxygen atoms in total. The molecule has 2 unspecified atom stereocenters. The molecule has 0 fully saturated rings. The van der Waals surface area contributed by atoms with Gasteiger partial charge in [-0.1, -0.05) is 166 Å². The number of aliphatic hydroxyl groups is 2. The normalized spacial score (nSPS) is 13.5. The Labute approximate surface area is 261 Å². The van der Waals surface area contributed by atoms with Crippen LogP contribution in [0, 0.1) is 0 Å². The van der Waals surface area contributed by atoms with Crippen molar-refractivity contribution in [1.82, 2.24) is 5.32 Å². The van der Waals surface area contributed by atoms with Gasteiger partial charge >= 0.3 is 0 Å². The molecule has 0 rings (SSSR count). The molecule has 0 saturated heterocycles. The van der Waals surface area contributed by atoms with Crippen LogP contribution in [0.3, 0.4) is 0 Å². The van der Waals surface area contributed by atoms with Crippen molar-refractivity contribution in [2.24, 2.45) is 0 Å². The predicted octanol–water partition coefficient (Wildman–Crippen LogP) is 10.7. The Morgan fingerprint density at radius 3 is 1.33 bits per heavy atom. The monoisotopic (exact) mass is 590 g/mol. The number of allylic oxidation sites excluding steroid dienone is 5. The molecule has 42 heavy (non-hydrogen) atoms. The third-order valence-electron chi connectivity index (χ3n) is 8.07. The molecule has 4 heteroatoms. The van der Waals surface area contributed by atoms with Crippen molar-refractivity contribution in [1.29, 1.82) is 0 Å². The molecule has 1 amide bonds. The van der Waals surface area contributed by atoms with Crippen molar-refractivity contribution in [3.63, 3.8) is 0 Å². The maximum absolute atomic E-state index is 11.7. The minimum atomic E-state index is -0.862. The minimum Gasteiger partial charge on any atom is -0.394 e. The van der Waals surface area contributed by atoms with Crippen LogP contribution in [0.5, 0.6) is 0 Å². The fraction of sp³-hybridized carbons (Fsp3) is 0.816. The van der Waals surface area contributed by atoms with Crippen molar-refractivity contribution < 1.29 is 15.0 Å². The van der Waals surface area contributed by atoms with Crippen LogP contribution < -0.4 is 5.32 Å². The molecule has 0 heterocycles. The van der Waals surface area contributed by atoms with Gasteiger partial charge in [0.2, 0.25) is 5.91 Å². The first kappa shape index (κ1) is 40.6. The van der Waals surface area contributed by atoms with Crippen LogP contribution >= 0.6 is 0 Å². The fourth-order valence-electron chi connectivity index (χ4n) is 5.31. The molecule has 0 aliphatic carbocycles. The third-order valence-corrected chi connectivity index (χ3v) is 8.07. The van der Waals surface area contributed by atoms with Gasteiger partial charge in [0.1, 0.15) is 0 Å². The minimum absolute atomic E-state index is 0.133. The molecular weight excluding hydrogens is 518 g/mol. The molecule has 0 radical (unpaired) electrons. The van der Waals surface area contributed by atoms with Crippen LogP contribution in [-0.4, -0.2) is 34.9 Å². The number of hydrogen-bond acceptors (Lipinski definition) is 3. The number of hydrogen-bond donors (Lipinski definition) is 3. The number of rotatable bonds is 32. The van der Waals surface area contributed by atoms with Crippen molar-refractivity contribution in [3.8, 4) is 0 Å². The Hall–Kier alpha value is -1.39. The molecule has 0 aromatic heterocycles. The SMILES string of the molecule is CCCCCCCCCCCCCCCCCCCCC/C=C/CC/C=C/CC/C=C/C(O)C(CO)NC(=O)CCC. The Morgan fingerprint density at radius 1 is 0.548 bits per heavy atom. The molecule has 246 valence electrons. The van der Waals surface area contributed by atoms with Crippen molar-refractivity contribution in [2.75, 3.05) is 6.61 Å². The summed E-state index contributed by atoms with van der Waals surface area (Å²) in [6.07, 6.45) is 45.3. The number of aliphatic hydroxyl groups excluding tert-OH is 2. The maximum Gasteiger partial charge on any atom is 0.220 e. The van der Waals surface area contributed by atoms with E-state index in [1.54, 1.807) is 6.08 Å². The second-order valence-electron chi connectivity index (χ2n) is 12.3. The summed E-state index contributed by atoms with van der Waals surface area (Å²) in [5.74, 6) is -0.133. The van der Waals surface area contributed by atoms with Crippen molar-refractivity contribution in [3.05, 3.63) is 36.5 Å². The highest BCUT2D eigenvalue weighted by Crippen LogP contribution is 2.15. The summed E-state index contributed by atoms with van der Waals surface area (Å²) in [5, 5.41) is 22.2. The van der Waals surface area contributed by atoms with Crippen LogP contribution in [0.15, 0.2) is 36.5 Å². The van der Waals surface area contributed by atoms with Crippen LogP contribution in [0.4, 0.5) is 0 Å². The number of nitrogens with one attached hydrogen (secondary N) is 1. The maximum atomic E-state index is 11.7. The van der Waals surface area contributed by atoms with Crippen LogP contribution in [0.2, 0.25) is 0 Å². The second kappa shape index (κ2) is 34.1. The molecule has 0 aliphatic heterocycles. The third kappa shape index (κ3) is 30.1.